The predicted octanol–water partition coefficient (Wildman–Crippen LogP) is 4.74. The molecule has 184 valence electrons. The summed E-state index contributed by atoms with van der Waals surface area (Å²) in [5.41, 5.74) is 0.794. The Kier molecular flexibility index (Phi) is 5.24. The maximum atomic E-state index is 13.0. The molecule has 10 heteroatoms. The van der Waals surface area contributed by atoms with Gasteiger partial charge in [-0.15, -0.1) is 0 Å². The standard InChI is InChI=1S/C25H25F3N4O3/c26-25(27,28)14-2-3-19-20(9-14)31-23(30-19)13-1-4-21(29-12-13)32-7-5-15(6-8-32)35-16-10-17-18(11-16)22(17)24(33)34/h1-4,9,12,15-18,22H,5-8,10-11H2,(H,30,31)(H,33,34)/t16?,17-,18+,22?. The molecule has 2 N–H and O–H groups in total. The average molecular weight is 486 g/mol. The quantitative estimate of drug-likeness (QED) is 0.542. The highest BCUT2D eigenvalue weighted by molar-refractivity contribution is 5.80. The predicted molar refractivity (Wildman–Crippen MR) is 122 cm³/mol. The van der Waals surface area contributed by atoms with Crippen molar-refractivity contribution < 1.29 is 27.8 Å². The van der Waals surface area contributed by atoms with Gasteiger partial charge in [-0.3, -0.25) is 4.79 Å². The van der Waals surface area contributed by atoms with Gasteiger partial charge in [0.2, 0.25) is 0 Å². The lowest BCUT2D eigenvalue weighted by Gasteiger charge is -2.34. The molecule has 3 heterocycles. The van der Waals surface area contributed by atoms with Gasteiger partial charge in [-0.2, -0.15) is 13.2 Å². The van der Waals surface area contributed by atoms with Crippen molar-refractivity contribution in [3.8, 4) is 11.4 Å². The number of nitrogens with one attached hydrogen (secondary N) is 1. The molecular weight excluding hydrogens is 461 g/mol. The molecule has 35 heavy (non-hydrogen) atoms. The molecule has 0 spiro atoms. The van der Waals surface area contributed by atoms with Crippen LogP contribution in [0.15, 0.2) is 36.5 Å². The molecule has 3 aliphatic rings. The molecule has 4 atom stereocenters. The lowest BCUT2D eigenvalue weighted by molar-refractivity contribution is -0.140. The minimum atomic E-state index is -4.40. The number of aromatic amines is 1. The Bertz CT molecular complexity index is 1240. The number of hydrogen-bond donors (Lipinski definition) is 2. The number of hydrogen-bond acceptors (Lipinski definition) is 5. The van der Waals surface area contributed by atoms with E-state index in [1.54, 1.807) is 6.20 Å². The second kappa shape index (κ2) is 8.22. The number of piperidine rings is 1. The second-order valence-electron chi connectivity index (χ2n) is 9.83. The summed E-state index contributed by atoms with van der Waals surface area (Å²) in [6.07, 6.45) is 1.17. The molecular formula is C25H25F3N4O3. The van der Waals surface area contributed by atoms with Crippen molar-refractivity contribution in [2.45, 2.75) is 44.1 Å². The van der Waals surface area contributed by atoms with Gasteiger partial charge in [0.1, 0.15) is 11.6 Å². The van der Waals surface area contributed by atoms with Crippen LogP contribution in [0.3, 0.4) is 0 Å². The molecule has 0 bridgehead atoms. The molecule has 0 radical (unpaired) electrons. The highest BCUT2D eigenvalue weighted by Crippen LogP contribution is 2.58. The Hall–Kier alpha value is -3.14. The number of aromatic nitrogens is 3. The summed E-state index contributed by atoms with van der Waals surface area (Å²) in [6, 6.07) is 7.24. The maximum absolute atomic E-state index is 13.0. The number of alkyl halides is 3. The summed E-state index contributed by atoms with van der Waals surface area (Å²) in [5, 5.41) is 9.16. The van der Waals surface area contributed by atoms with Crippen LogP contribution in [-0.4, -0.2) is 51.3 Å². The molecule has 2 saturated carbocycles. The molecule has 6 rings (SSSR count). The SMILES string of the molecule is O=C(O)C1[C@H]2CC(OC3CCN(c4ccc(-c5nc6ccc(C(F)(F)F)cc6[nH]5)cn4)CC3)C[C@@H]12. The van der Waals surface area contributed by atoms with Crippen molar-refractivity contribution in [2.24, 2.45) is 17.8 Å². The largest absolute Gasteiger partial charge is 0.481 e. The lowest BCUT2D eigenvalue weighted by atomic mass is 10.1. The Balaban J connectivity index is 1.05. The average Bonchev–Trinajstić information content (AvgIpc) is 3.15. The molecule has 1 aliphatic heterocycles. The second-order valence-corrected chi connectivity index (χ2v) is 9.83. The van der Waals surface area contributed by atoms with E-state index in [2.05, 4.69) is 19.9 Å². The van der Waals surface area contributed by atoms with E-state index >= 15 is 0 Å². The van der Waals surface area contributed by atoms with Gasteiger partial charge in [0.05, 0.1) is 34.7 Å². The van der Waals surface area contributed by atoms with Crippen molar-refractivity contribution in [2.75, 3.05) is 18.0 Å². The number of carboxylic acids is 1. The smallest absolute Gasteiger partial charge is 0.416 e. The summed E-state index contributed by atoms with van der Waals surface area (Å²) < 4.78 is 45.2. The number of fused-ring (bicyclic) bond motifs is 2. The van der Waals surface area contributed by atoms with Gasteiger partial charge in [-0.05, 0) is 67.9 Å². The third kappa shape index (κ3) is 4.24. The van der Waals surface area contributed by atoms with Crippen LogP contribution in [-0.2, 0) is 15.7 Å². The van der Waals surface area contributed by atoms with Gasteiger partial charge in [-0.1, -0.05) is 0 Å². The molecule has 0 amide bonds. The van der Waals surface area contributed by atoms with Crippen LogP contribution in [0.25, 0.3) is 22.4 Å². The van der Waals surface area contributed by atoms with E-state index in [0.717, 1.165) is 56.7 Å². The Morgan fingerprint density at radius 1 is 1.09 bits per heavy atom. The first kappa shape index (κ1) is 22.3. The van der Waals surface area contributed by atoms with Crippen LogP contribution < -0.4 is 4.90 Å². The fraction of sp³-hybridized carbons (Fsp3) is 0.480. The fourth-order valence-electron chi connectivity index (χ4n) is 5.80. The monoisotopic (exact) mass is 486 g/mol. The van der Waals surface area contributed by atoms with Crippen molar-refractivity contribution in [1.82, 2.24) is 15.0 Å². The van der Waals surface area contributed by atoms with Crippen molar-refractivity contribution in [3.05, 3.63) is 42.1 Å². The summed E-state index contributed by atoms with van der Waals surface area (Å²) in [4.78, 5) is 25.3. The number of pyridine rings is 1. The molecule has 2 unspecified atom stereocenters. The third-order valence-corrected chi connectivity index (χ3v) is 7.67. The van der Waals surface area contributed by atoms with Gasteiger partial charge in [0.15, 0.2) is 0 Å². The number of aliphatic carboxylic acids is 1. The highest BCUT2D eigenvalue weighted by Gasteiger charge is 2.60. The number of halogens is 3. The molecule has 1 saturated heterocycles. The van der Waals surface area contributed by atoms with Gasteiger partial charge in [0.25, 0.3) is 0 Å². The number of nitrogens with zero attached hydrogens (tertiary/aromatic N) is 3. The van der Waals surface area contributed by atoms with Gasteiger partial charge in [-0.25, -0.2) is 9.97 Å². The highest BCUT2D eigenvalue weighted by atomic mass is 19.4. The summed E-state index contributed by atoms with van der Waals surface area (Å²) in [7, 11) is 0. The molecule has 1 aromatic carbocycles. The van der Waals surface area contributed by atoms with E-state index in [1.807, 2.05) is 12.1 Å². The van der Waals surface area contributed by atoms with Crippen LogP contribution in [0.4, 0.5) is 19.0 Å². The number of imidazole rings is 1. The topological polar surface area (TPSA) is 91.3 Å². The molecule has 2 aliphatic carbocycles. The minimum absolute atomic E-state index is 0.150. The summed E-state index contributed by atoms with van der Waals surface area (Å²) in [5.74, 6) is 1.11. The Morgan fingerprint density at radius 2 is 1.83 bits per heavy atom. The molecule has 3 aromatic rings. The van der Waals surface area contributed by atoms with E-state index in [1.165, 1.54) is 6.07 Å². The Labute approximate surface area is 199 Å². The van der Waals surface area contributed by atoms with Crippen LogP contribution >= 0.6 is 0 Å². The third-order valence-electron chi connectivity index (χ3n) is 7.67. The molecule has 2 aromatic heterocycles. The van der Waals surface area contributed by atoms with E-state index in [0.29, 0.717) is 34.3 Å². The number of ether oxygens (including phenoxy) is 1. The number of anilines is 1. The minimum Gasteiger partial charge on any atom is -0.481 e. The van der Waals surface area contributed by atoms with Gasteiger partial charge >= 0.3 is 12.1 Å². The summed E-state index contributed by atoms with van der Waals surface area (Å²) >= 11 is 0. The van der Waals surface area contributed by atoms with Crippen LogP contribution in [0.1, 0.15) is 31.2 Å². The molecule has 7 nitrogen and oxygen atoms in total. The van der Waals surface area contributed by atoms with Crippen molar-refractivity contribution in [3.63, 3.8) is 0 Å². The Morgan fingerprint density at radius 3 is 2.46 bits per heavy atom. The lowest BCUT2D eigenvalue weighted by Crippen LogP contribution is -2.38. The first-order valence-electron chi connectivity index (χ1n) is 11.9. The van der Waals surface area contributed by atoms with E-state index in [9.17, 15) is 18.0 Å². The van der Waals surface area contributed by atoms with E-state index in [-0.39, 0.29) is 18.1 Å². The maximum Gasteiger partial charge on any atom is 0.416 e. The van der Waals surface area contributed by atoms with E-state index in [4.69, 9.17) is 9.84 Å². The summed E-state index contributed by atoms with van der Waals surface area (Å²) in [6.45, 7) is 1.64. The zero-order valence-electron chi connectivity index (χ0n) is 18.8. The number of rotatable bonds is 5. The number of benzene rings is 1. The molecule has 3 fully saturated rings. The van der Waals surface area contributed by atoms with E-state index < -0.39 is 17.7 Å². The van der Waals surface area contributed by atoms with Crippen LogP contribution in [0, 0.1) is 17.8 Å². The fourth-order valence-corrected chi connectivity index (χ4v) is 5.80. The normalized spacial score (nSPS) is 26.8. The van der Waals surface area contributed by atoms with Gasteiger partial charge in [0, 0.05) is 24.8 Å². The number of carboxylic acid groups (broad SMARTS) is 1. The zero-order valence-corrected chi connectivity index (χ0v) is 18.8. The van der Waals surface area contributed by atoms with Gasteiger partial charge < -0.3 is 19.7 Å². The number of carbonyl (C=O) groups is 1. The zero-order chi connectivity index (χ0) is 24.3. The van der Waals surface area contributed by atoms with Crippen LogP contribution in [0.5, 0.6) is 0 Å². The van der Waals surface area contributed by atoms with Crippen LogP contribution in [0.2, 0.25) is 0 Å². The first-order valence-corrected chi connectivity index (χ1v) is 11.9. The van der Waals surface area contributed by atoms with Crippen molar-refractivity contribution >= 4 is 22.8 Å². The first-order chi connectivity index (χ1) is 16.8. The van der Waals surface area contributed by atoms with Crippen molar-refractivity contribution in [1.29, 1.82) is 0 Å². The number of H-pyrrole nitrogens is 1.